The molecule has 3 heterocycles. The fraction of sp³-hybridized carbons (Fsp3) is 0.375. The van der Waals surface area contributed by atoms with E-state index < -0.39 is 0 Å². The van der Waals surface area contributed by atoms with E-state index >= 15 is 0 Å². The molecule has 0 radical (unpaired) electrons. The van der Waals surface area contributed by atoms with Crippen molar-refractivity contribution in [3.63, 3.8) is 0 Å². The van der Waals surface area contributed by atoms with E-state index in [1.165, 1.54) is 0 Å². The Morgan fingerprint density at radius 1 is 1.22 bits per heavy atom. The third-order valence-electron chi connectivity index (χ3n) is 5.39. The van der Waals surface area contributed by atoms with Gasteiger partial charge in [-0.15, -0.1) is 11.3 Å². The molecule has 0 saturated carbocycles. The van der Waals surface area contributed by atoms with Gasteiger partial charge in [0, 0.05) is 36.2 Å². The molecule has 6 nitrogen and oxygen atoms in total. The van der Waals surface area contributed by atoms with Gasteiger partial charge in [-0.3, -0.25) is 4.90 Å². The average Bonchev–Trinajstić information content (AvgIpc) is 3.34. The molecule has 1 aliphatic heterocycles. The van der Waals surface area contributed by atoms with Crippen LogP contribution in [0.15, 0.2) is 54.0 Å². The second-order valence-electron chi connectivity index (χ2n) is 7.65. The summed E-state index contributed by atoms with van der Waals surface area (Å²) in [4.78, 5) is 23.2. The van der Waals surface area contributed by atoms with Crippen LogP contribution in [-0.4, -0.2) is 46.6 Å². The zero-order valence-electron chi connectivity index (χ0n) is 17.9. The summed E-state index contributed by atoms with van der Waals surface area (Å²) in [6.07, 6.45) is 3.62. The molecule has 1 unspecified atom stereocenters. The number of benzene rings is 1. The van der Waals surface area contributed by atoms with Gasteiger partial charge >= 0.3 is 5.97 Å². The van der Waals surface area contributed by atoms with E-state index in [9.17, 15) is 4.79 Å². The third kappa shape index (κ3) is 5.92. The summed E-state index contributed by atoms with van der Waals surface area (Å²) in [6, 6.07) is 13.3. The van der Waals surface area contributed by atoms with Gasteiger partial charge in [0.25, 0.3) is 0 Å². The average molecular weight is 472 g/mol. The Morgan fingerprint density at radius 3 is 2.69 bits per heavy atom. The Hall–Kier alpha value is -2.32. The van der Waals surface area contributed by atoms with Crippen molar-refractivity contribution < 1.29 is 14.3 Å². The summed E-state index contributed by atoms with van der Waals surface area (Å²) >= 11 is 7.67. The first-order chi connectivity index (χ1) is 15.6. The zero-order chi connectivity index (χ0) is 22.3. The molecule has 1 aromatic carbocycles. The zero-order valence-corrected chi connectivity index (χ0v) is 19.5. The van der Waals surface area contributed by atoms with Gasteiger partial charge < -0.3 is 9.47 Å². The molecule has 32 heavy (non-hydrogen) atoms. The van der Waals surface area contributed by atoms with E-state index in [1.807, 2.05) is 48.0 Å². The van der Waals surface area contributed by atoms with Crippen LogP contribution in [0.3, 0.4) is 0 Å². The minimum Gasteiger partial charge on any atom is -0.461 e. The Morgan fingerprint density at radius 2 is 2.00 bits per heavy atom. The van der Waals surface area contributed by atoms with Crippen molar-refractivity contribution in [3.8, 4) is 0 Å². The molecule has 0 N–H and O–H groups in total. The summed E-state index contributed by atoms with van der Waals surface area (Å²) < 4.78 is 11.6. The van der Waals surface area contributed by atoms with E-state index in [0.29, 0.717) is 23.9 Å². The number of halogens is 1. The molecular formula is C24H26ClN3O3S. The van der Waals surface area contributed by atoms with Gasteiger partial charge in [0.15, 0.2) is 0 Å². The highest BCUT2D eigenvalue weighted by Crippen LogP contribution is 2.32. The molecule has 8 heteroatoms. The van der Waals surface area contributed by atoms with Crippen molar-refractivity contribution in [2.75, 3.05) is 19.7 Å². The van der Waals surface area contributed by atoms with Crippen LogP contribution in [-0.2, 0) is 16.0 Å². The van der Waals surface area contributed by atoms with Gasteiger partial charge in [0.05, 0.1) is 18.4 Å². The van der Waals surface area contributed by atoms with E-state index in [1.54, 1.807) is 24.3 Å². The van der Waals surface area contributed by atoms with Crippen molar-refractivity contribution in [1.29, 1.82) is 0 Å². The molecule has 1 atom stereocenters. The number of piperidine rings is 1. The van der Waals surface area contributed by atoms with Crippen molar-refractivity contribution in [2.45, 2.75) is 38.5 Å². The van der Waals surface area contributed by atoms with Crippen molar-refractivity contribution in [3.05, 3.63) is 81.0 Å². The fourth-order valence-corrected chi connectivity index (χ4v) is 4.62. The van der Waals surface area contributed by atoms with Crippen molar-refractivity contribution in [1.82, 2.24) is 14.9 Å². The number of hydrogen-bond acceptors (Lipinski definition) is 7. The number of ether oxygens (including phenoxy) is 2. The highest BCUT2D eigenvalue weighted by atomic mass is 35.5. The molecule has 1 saturated heterocycles. The predicted molar refractivity (Wildman–Crippen MR) is 125 cm³/mol. The van der Waals surface area contributed by atoms with Gasteiger partial charge in [-0.1, -0.05) is 29.8 Å². The van der Waals surface area contributed by atoms with Crippen molar-refractivity contribution >= 4 is 28.9 Å². The van der Waals surface area contributed by atoms with Gasteiger partial charge in [0.1, 0.15) is 16.8 Å². The fourth-order valence-electron chi connectivity index (χ4n) is 3.79. The Bertz CT molecular complexity index is 1010. The predicted octanol–water partition coefficient (Wildman–Crippen LogP) is 5.14. The maximum Gasteiger partial charge on any atom is 0.356 e. The number of nitrogens with zero attached hydrogens (tertiary/aromatic N) is 3. The van der Waals surface area contributed by atoms with Crippen LogP contribution in [0, 0.1) is 0 Å². The molecule has 0 amide bonds. The lowest BCUT2D eigenvalue weighted by atomic mass is 10.1. The summed E-state index contributed by atoms with van der Waals surface area (Å²) in [5.74, 6) is -0.378. The van der Waals surface area contributed by atoms with E-state index in [0.717, 1.165) is 42.2 Å². The second kappa shape index (κ2) is 11.0. The minimum absolute atomic E-state index is 0.148. The maximum atomic E-state index is 11.9. The van der Waals surface area contributed by atoms with E-state index in [4.69, 9.17) is 21.1 Å². The summed E-state index contributed by atoms with van der Waals surface area (Å²) in [6.45, 7) is 4.64. The van der Waals surface area contributed by atoms with Gasteiger partial charge in [-0.2, -0.15) is 0 Å². The SMILES string of the molecule is CCOC(=O)c1cccc(CN2CCC(OC(c3ccc(Cl)cc3)c3nccs3)CC2)n1. The lowest BCUT2D eigenvalue weighted by molar-refractivity contribution is -0.0283. The topological polar surface area (TPSA) is 64.5 Å². The normalized spacial score (nSPS) is 16.1. The lowest BCUT2D eigenvalue weighted by Crippen LogP contribution is -2.37. The quantitative estimate of drug-likeness (QED) is 0.424. The molecule has 0 spiro atoms. The molecular weight excluding hydrogens is 446 g/mol. The second-order valence-corrected chi connectivity index (χ2v) is 9.01. The van der Waals surface area contributed by atoms with Crippen LogP contribution in [0.25, 0.3) is 0 Å². The van der Waals surface area contributed by atoms with Crippen molar-refractivity contribution in [2.24, 2.45) is 0 Å². The summed E-state index contributed by atoms with van der Waals surface area (Å²) in [7, 11) is 0. The number of pyridine rings is 1. The third-order valence-corrected chi connectivity index (χ3v) is 6.46. The molecule has 4 rings (SSSR count). The van der Waals surface area contributed by atoms with Crippen LogP contribution in [0.2, 0.25) is 5.02 Å². The standard InChI is InChI=1S/C24H26ClN3O3S/c1-2-30-24(29)21-5-3-4-19(27-21)16-28-13-10-20(11-14-28)31-22(23-26-12-15-32-23)17-6-8-18(25)9-7-17/h3-9,12,15,20,22H,2,10-11,13-14,16H2,1H3. The lowest BCUT2D eigenvalue weighted by Gasteiger charge is -2.33. The molecule has 2 aromatic heterocycles. The Balaban J connectivity index is 1.35. The minimum atomic E-state index is -0.378. The number of carbonyl (C=O) groups excluding carboxylic acids is 1. The molecule has 3 aromatic rings. The van der Waals surface area contributed by atoms with Gasteiger partial charge in [0.2, 0.25) is 0 Å². The molecule has 1 aliphatic rings. The number of hydrogen-bond donors (Lipinski definition) is 0. The van der Waals surface area contributed by atoms with Gasteiger partial charge in [-0.05, 0) is 49.6 Å². The number of thiazole rings is 1. The number of likely N-dealkylation sites (tertiary alicyclic amines) is 1. The van der Waals surface area contributed by atoms with Crippen LogP contribution >= 0.6 is 22.9 Å². The van der Waals surface area contributed by atoms with E-state index in [-0.39, 0.29) is 18.2 Å². The summed E-state index contributed by atoms with van der Waals surface area (Å²) in [5.41, 5.74) is 2.29. The number of rotatable bonds is 8. The Labute approximate surface area is 197 Å². The smallest absolute Gasteiger partial charge is 0.356 e. The van der Waals surface area contributed by atoms with Crippen LogP contribution in [0.1, 0.15) is 52.6 Å². The van der Waals surface area contributed by atoms with Crippen LogP contribution < -0.4 is 0 Å². The van der Waals surface area contributed by atoms with Crippen LogP contribution in [0.4, 0.5) is 0 Å². The van der Waals surface area contributed by atoms with Crippen LogP contribution in [0.5, 0.6) is 0 Å². The first-order valence-corrected chi connectivity index (χ1v) is 12.0. The number of aromatic nitrogens is 2. The highest BCUT2D eigenvalue weighted by Gasteiger charge is 2.26. The first kappa shape index (κ1) is 22.9. The number of carbonyl (C=O) groups is 1. The Kier molecular flexibility index (Phi) is 7.86. The molecule has 0 bridgehead atoms. The molecule has 0 aliphatic carbocycles. The largest absolute Gasteiger partial charge is 0.461 e. The highest BCUT2D eigenvalue weighted by molar-refractivity contribution is 7.09. The monoisotopic (exact) mass is 471 g/mol. The number of esters is 1. The first-order valence-electron chi connectivity index (χ1n) is 10.8. The maximum absolute atomic E-state index is 11.9. The van der Waals surface area contributed by atoms with E-state index in [2.05, 4.69) is 14.9 Å². The van der Waals surface area contributed by atoms with Gasteiger partial charge in [-0.25, -0.2) is 14.8 Å². The summed E-state index contributed by atoms with van der Waals surface area (Å²) in [5, 5.41) is 3.64. The molecule has 1 fully saturated rings. The molecule has 168 valence electrons.